The van der Waals surface area contributed by atoms with E-state index in [0.29, 0.717) is 6.61 Å². The summed E-state index contributed by atoms with van der Waals surface area (Å²) in [5.41, 5.74) is 6.23. The Morgan fingerprint density at radius 3 is 2.25 bits per heavy atom. The van der Waals surface area contributed by atoms with Crippen LogP contribution in [0.15, 0.2) is 36.4 Å². The largest absolute Gasteiger partial charge is 0.491 e. The normalized spacial score (nSPS) is 10.4. The molecule has 0 aliphatic rings. The Balaban J connectivity index is 1.88. The van der Waals surface area contributed by atoms with Crippen molar-refractivity contribution in [1.82, 2.24) is 0 Å². The highest BCUT2D eigenvalue weighted by molar-refractivity contribution is 5.56. The number of rotatable bonds is 5. The van der Waals surface area contributed by atoms with Crippen molar-refractivity contribution in [3.63, 3.8) is 0 Å². The number of nitrogens with one attached hydrogen (secondary N) is 1. The van der Waals surface area contributed by atoms with Gasteiger partial charge in [-0.05, 0) is 50.5 Å². The molecule has 0 aliphatic heterocycles. The molecule has 0 bridgehead atoms. The zero-order chi connectivity index (χ0) is 14.5. The quantitative estimate of drug-likeness (QED) is 0.812. The second kappa shape index (κ2) is 6.47. The van der Waals surface area contributed by atoms with Gasteiger partial charge in [0.1, 0.15) is 12.4 Å². The molecular weight excluding hydrogens is 246 g/mol. The van der Waals surface area contributed by atoms with Gasteiger partial charge >= 0.3 is 0 Å². The van der Waals surface area contributed by atoms with E-state index in [1.807, 2.05) is 6.07 Å². The summed E-state index contributed by atoms with van der Waals surface area (Å²) in [5, 5.41) is 3.46. The lowest BCUT2D eigenvalue weighted by atomic mass is 10.1. The minimum atomic E-state index is 0.664. The van der Waals surface area contributed by atoms with Crippen molar-refractivity contribution in [1.29, 1.82) is 0 Å². The summed E-state index contributed by atoms with van der Waals surface area (Å²) in [5.74, 6) is 0.971. The van der Waals surface area contributed by atoms with E-state index in [9.17, 15) is 0 Å². The number of para-hydroxylation sites is 1. The molecule has 0 aromatic heterocycles. The van der Waals surface area contributed by atoms with Crippen molar-refractivity contribution in [2.24, 2.45) is 0 Å². The van der Waals surface area contributed by atoms with Crippen molar-refractivity contribution >= 4 is 5.69 Å². The van der Waals surface area contributed by atoms with E-state index in [4.69, 9.17) is 4.74 Å². The molecule has 2 aromatic carbocycles. The van der Waals surface area contributed by atoms with Crippen LogP contribution in [0.2, 0.25) is 0 Å². The Kier molecular flexibility index (Phi) is 4.67. The second-order valence-corrected chi connectivity index (χ2v) is 5.31. The Labute approximate surface area is 121 Å². The van der Waals surface area contributed by atoms with Crippen molar-refractivity contribution in [3.05, 3.63) is 58.7 Å². The van der Waals surface area contributed by atoms with Crippen LogP contribution in [0.1, 0.15) is 22.3 Å². The third-order valence-corrected chi connectivity index (χ3v) is 3.47. The molecule has 1 N–H and O–H groups in total. The number of hydrogen-bond acceptors (Lipinski definition) is 2. The van der Waals surface area contributed by atoms with Crippen LogP contribution in [0.25, 0.3) is 0 Å². The lowest BCUT2D eigenvalue weighted by Gasteiger charge is -2.14. The lowest BCUT2D eigenvalue weighted by Crippen LogP contribution is -2.13. The Bertz CT molecular complexity index is 570. The molecule has 0 radical (unpaired) electrons. The molecule has 0 saturated carbocycles. The molecule has 2 rings (SSSR count). The van der Waals surface area contributed by atoms with Gasteiger partial charge in [-0.15, -0.1) is 0 Å². The summed E-state index contributed by atoms with van der Waals surface area (Å²) in [6, 6.07) is 12.6. The van der Waals surface area contributed by atoms with E-state index < -0.39 is 0 Å². The zero-order valence-corrected chi connectivity index (χ0v) is 12.8. The summed E-state index contributed by atoms with van der Waals surface area (Å²) >= 11 is 0. The third kappa shape index (κ3) is 3.53. The van der Waals surface area contributed by atoms with Gasteiger partial charge in [0.25, 0.3) is 0 Å². The molecule has 0 heterocycles. The van der Waals surface area contributed by atoms with E-state index in [0.717, 1.165) is 12.3 Å². The Hall–Kier alpha value is -1.96. The van der Waals surface area contributed by atoms with E-state index in [-0.39, 0.29) is 0 Å². The van der Waals surface area contributed by atoms with Gasteiger partial charge in [-0.25, -0.2) is 0 Å². The minimum Gasteiger partial charge on any atom is -0.491 e. The summed E-state index contributed by atoms with van der Waals surface area (Å²) in [7, 11) is 0. The fraction of sp³-hybridized carbons (Fsp3) is 0.333. The summed E-state index contributed by atoms with van der Waals surface area (Å²) in [6.45, 7) is 9.90. The van der Waals surface area contributed by atoms with Crippen molar-refractivity contribution in [2.45, 2.75) is 27.7 Å². The van der Waals surface area contributed by atoms with Crippen LogP contribution in [0, 0.1) is 27.7 Å². The maximum atomic E-state index is 5.83. The van der Waals surface area contributed by atoms with Gasteiger partial charge in [0.2, 0.25) is 0 Å². The molecule has 2 aromatic rings. The van der Waals surface area contributed by atoms with Crippen molar-refractivity contribution in [3.8, 4) is 5.75 Å². The van der Waals surface area contributed by atoms with E-state index >= 15 is 0 Å². The Morgan fingerprint density at radius 2 is 1.60 bits per heavy atom. The van der Waals surface area contributed by atoms with Gasteiger partial charge in [-0.1, -0.05) is 35.9 Å². The molecule has 2 heteroatoms. The molecule has 0 atom stereocenters. The fourth-order valence-electron chi connectivity index (χ4n) is 2.39. The average molecular weight is 269 g/mol. The molecule has 0 amide bonds. The van der Waals surface area contributed by atoms with Gasteiger partial charge in [-0.2, -0.15) is 0 Å². The molecule has 0 fully saturated rings. The highest BCUT2D eigenvalue weighted by Gasteiger charge is 2.02. The first-order valence-electron chi connectivity index (χ1n) is 7.08. The molecule has 20 heavy (non-hydrogen) atoms. The van der Waals surface area contributed by atoms with Gasteiger partial charge in [0, 0.05) is 12.2 Å². The molecular formula is C18H23NO. The smallest absolute Gasteiger partial charge is 0.122 e. The van der Waals surface area contributed by atoms with Gasteiger partial charge in [-0.3, -0.25) is 0 Å². The summed E-state index contributed by atoms with van der Waals surface area (Å²) < 4.78 is 5.83. The average Bonchev–Trinajstić information content (AvgIpc) is 2.39. The van der Waals surface area contributed by atoms with Crippen LogP contribution >= 0.6 is 0 Å². The molecule has 0 unspecified atom stereocenters. The van der Waals surface area contributed by atoms with Gasteiger partial charge in [0.15, 0.2) is 0 Å². The van der Waals surface area contributed by atoms with Crippen LogP contribution in [-0.2, 0) is 0 Å². The number of hydrogen-bond donors (Lipinski definition) is 1. The molecule has 106 valence electrons. The molecule has 0 spiro atoms. The van der Waals surface area contributed by atoms with Crippen LogP contribution in [0.3, 0.4) is 0 Å². The topological polar surface area (TPSA) is 21.3 Å². The molecule has 0 aliphatic carbocycles. The first-order valence-corrected chi connectivity index (χ1v) is 7.08. The maximum Gasteiger partial charge on any atom is 0.122 e. The van der Waals surface area contributed by atoms with Crippen LogP contribution in [-0.4, -0.2) is 13.2 Å². The maximum absolute atomic E-state index is 5.83. The third-order valence-electron chi connectivity index (χ3n) is 3.47. The van der Waals surface area contributed by atoms with Gasteiger partial charge < -0.3 is 10.1 Å². The molecule has 0 saturated heterocycles. The van der Waals surface area contributed by atoms with Crippen LogP contribution in [0.4, 0.5) is 5.69 Å². The minimum absolute atomic E-state index is 0.664. The van der Waals surface area contributed by atoms with E-state index in [1.54, 1.807) is 0 Å². The van der Waals surface area contributed by atoms with Crippen molar-refractivity contribution in [2.75, 3.05) is 18.5 Å². The monoisotopic (exact) mass is 269 g/mol. The van der Waals surface area contributed by atoms with Crippen LogP contribution in [0.5, 0.6) is 5.75 Å². The fourth-order valence-corrected chi connectivity index (χ4v) is 2.39. The zero-order valence-electron chi connectivity index (χ0n) is 12.8. The SMILES string of the molecule is Cc1ccc(OCCNc2c(C)cccc2C)c(C)c1. The lowest BCUT2D eigenvalue weighted by molar-refractivity contribution is 0.330. The molecule has 2 nitrogen and oxygen atoms in total. The van der Waals surface area contributed by atoms with E-state index in [1.165, 1.54) is 27.9 Å². The number of aryl methyl sites for hydroxylation is 4. The highest BCUT2D eigenvalue weighted by atomic mass is 16.5. The first kappa shape index (κ1) is 14.4. The highest BCUT2D eigenvalue weighted by Crippen LogP contribution is 2.20. The number of benzene rings is 2. The number of anilines is 1. The van der Waals surface area contributed by atoms with Crippen LogP contribution < -0.4 is 10.1 Å². The van der Waals surface area contributed by atoms with Crippen molar-refractivity contribution < 1.29 is 4.74 Å². The first-order chi connectivity index (χ1) is 9.58. The predicted octanol–water partition coefficient (Wildman–Crippen LogP) is 4.41. The predicted molar refractivity (Wildman–Crippen MR) is 85.8 cm³/mol. The number of ether oxygens (including phenoxy) is 1. The second-order valence-electron chi connectivity index (χ2n) is 5.31. The van der Waals surface area contributed by atoms with Gasteiger partial charge in [0.05, 0.1) is 0 Å². The Morgan fingerprint density at radius 1 is 0.900 bits per heavy atom. The summed E-state index contributed by atoms with van der Waals surface area (Å²) in [4.78, 5) is 0. The summed E-state index contributed by atoms with van der Waals surface area (Å²) in [6.07, 6.45) is 0. The standard InChI is InChI=1S/C18H23NO/c1-13-8-9-17(16(4)12-13)20-11-10-19-18-14(2)6-5-7-15(18)3/h5-9,12,19H,10-11H2,1-4H3. The van der Waals surface area contributed by atoms with E-state index in [2.05, 4.69) is 63.3 Å².